The molecule has 0 N–H and O–H groups in total. The summed E-state index contributed by atoms with van der Waals surface area (Å²) >= 11 is 5.48. The van der Waals surface area contributed by atoms with E-state index in [0.717, 1.165) is 18.2 Å². The van der Waals surface area contributed by atoms with Gasteiger partial charge in [0.25, 0.3) is 5.69 Å². The zero-order valence-corrected chi connectivity index (χ0v) is 9.33. The molecule has 0 spiro atoms. The van der Waals surface area contributed by atoms with E-state index in [4.69, 9.17) is 11.6 Å². The number of rotatable bonds is 5. The van der Waals surface area contributed by atoms with Gasteiger partial charge in [0.05, 0.1) is 4.92 Å². The standard InChI is InChI=1S/C9H6ClF4NO3/c10-6-3-5(1-2-7(6)15(16)17)18-4-9(13,14)8(11)12/h1-3,8H,4H2. The number of nitro groups is 1. The molecule has 4 nitrogen and oxygen atoms in total. The first kappa shape index (κ1) is 14.5. The molecule has 0 radical (unpaired) electrons. The van der Waals surface area contributed by atoms with Crippen molar-refractivity contribution in [2.75, 3.05) is 6.61 Å². The second-order valence-corrected chi connectivity index (χ2v) is 3.63. The molecule has 0 aliphatic heterocycles. The number of hydrogen-bond donors (Lipinski definition) is 0. The van der Waals surface area contributed by atoms with Gasteiger partial charge in [0, 0.05) is 12.1 Å². The van der Waals surface area contributed by atoms with Gasteiger partial charge in [0.15, 0.2) is 6.61 Å². The van der Waals surface area contributed by atoms with Gasteiger partial charge in [-0.2, -0.15) is 8.78 Å². The number of alkyl halides is 4. The fourth-order valence-electron chi connectivity index (χ4n) is 0.968. The Labute approximate surface area is 103 Å². The normalized spacial score (nSPS) is 11.7. The summed E-state index contributed by atoms with van der Waals surface area (Å²) in [6.45, 7) is -1.54. The van der Waals surface area contributed by atoms with Crippen molar-refractivity contribution >= 4 is 17.3 Å². The Hall–Kier alpha value is -1.57. The van der Waals surface area contributed by atoms with Crippen molar-refractivity contribution < 1.29 is 27.2 Å². The van der Waals surface area contributed by atoms with E-state index in [0.29, 0.717) is 0 Å². The summed E-state index contributed by atoms with van der Waals surface area (Å²) < 4.78 is 53.1. The lowest BCUT2D eigenvalue weighted by Crippen LogP contribution is -2.33. The maximum absolute atomic E-state index is 12.5. The largest absolute Gasteiger partial charge is 0.487 e. The van der Waals surface area contributed by atoms with Crippen LogP contribution >= 0.6 is 11.6 Å². The maximum atomic E-state index is 12.5. The average Bonchev–Trinajstić information content (AvgIpc) is 2.25. The molecule has 1 aromatic rings. The number of halogens is 5. The van der Waals surface area contributed by atoms with Crippen LogP contribution in [0.15, 0.2) is 18.2 Å². The summed E-state index contributed by atoms with van der Waals surface area (Å²) in [5.41, 5.74) is -0.440. The molecule has 1 rings (SSSR count). The summed E-state index contributed by atoms with van der Waals surface area (Å²) in [6, 6.07) is 2.82. The van der Waals surface area contributed by atoms with Crippen LogP contribution in [0.2, 0.25) is 5.02 Å². The first-order chi connectivity index (χ1) is 8.24. The van der Waals surface area contributed by atoms with Gasteiger partial charge in [-0.1, -0.05) is 11.6 Å². The average molecular weight is 288 g/mol. The molecule has 0 bridgehead atoms. The Balaban J connectivity index is 2.76. The van der Waals surface area contributed by atoms with E-state index in [9.17, 15) is 27.7 Å². The van der Waals surface area contributed by atoms with Crippen LogP contribution in [-0.2, 0) is 0 Å². The third-order valence-corrected chi connectivity index (χ3v) is 2.17. The molecule has 0 aromatic heterocycles. The summed E-state index contributed by atoms with van der Waals surface area (Å²) in [5, 5.41) is 10.1. The molecule has 0 saturated heterocycles. The van der Waals surface area contributed by atoms with Gasteiger partial charge < -0.3 is 4.74 Å². The van der Waals surface area contributed by atoms with E-state index in [1.54, 1.807) is 0 Å². The van der Waals surface area contributed by atoms with Gasteiger partial charge in [-0.3, -0.25) is 10.1 Å². The highest BCUT2D eigenvalue weighted by molar-refractivity contribution is 6.32. The smallest absolute Gasteiger partial charge is 0.340 e. The number of benzene rings is 1. The quantitative estimate of drug-likeness (QED) is 0.473. The summed E-state index contributed by atoms with van der Waals surface area (Å²) in [5.74, 6) is -4.56. The van der Waals surface area contributed by atoms with Crippen LogP contribution in [-0.4, -0.2) is 23.9 Å². The molecule has 1 aromatic carbocycles. The van der Waals surface area contributed by atoms with Crippen molar-refractivity contribution in [3.63, 3.8) is 0 Å². The molecular weight excluding hydrogens is 282 g/mol. The SMILES string of the molecule is O=[N+]([O-])c1ccc(OCC(F)(F)C(F)F)cc1Cl. The Bertz CT molecular complexity index is 455. The summed E-state index contributed by atoms with van der Waals surface area (Å²) in [6.07, 6.45) is -3.86. The Kier molecular flexibility index (Phi) is 4.33. The first-order valence-electron chi connectivity index (χ1n) is 4.47. The molecule has 0 unspecified atom stereocenters. The first-order valence-corrected chi connectivity index (χ1v) is 4.84. The highest BCUT2D eigenvalue weighted by atomic mass is 35.5. The molecule has 0 atom stereocenters. The van der Waals surface area contributed by atoms with Gasteiger partial charge >= 0.3 is 12.3 Å². The monoisotopic (exact) mass is 287 g/mol. The van der Waals surface area contributed by atoms with Gasteiger partial charge in [-0.15, -0.1) is 0 Å². The van der Waals surface area contributed by atoms with Crippen LogP contribution in [0.5, 0.6) is 5.75 Å². The van der Waals surface area contributed by atoms with Crippen LogP contribution in [0.4, 0.5) is 23.2 Å². The molecule has 0 amide bonds. The van der Waals surface area contributed by atoms with Crippen molar-refractivity contribution in [1.82, 2.24) is 0 Å². The topological polar surface area (TPSA) is 52.4 Å². The minimum absolute atomic E-state index is 0.258. The predicted octanol–water partition coefficient (Wildman–Crippen LogP) is 3.53. The van der Waals surface area contributed by atoms with Crippen molar-refractivity contribution in [2.24, 2.45) is 0 Å². The minimum Gasteiger partial charge on any atom is -0.487 e. The van der Waals surface area contributed by atoms with E-state index in [1.165, 1.54) is 0 Å². The van der Waals surface area contributed by atoms with Crippen LogP contribution in [0.1, 0.15) is 0 Å². The highest BCUT2D eigenvalue weighted by Gasteiger charge is 2.41. The molecule has 0 aliphatic carbocycles. The third kappa shape index (κ3) is 3.46. The number of nitrogens with zero attached hydrogens (tertiary/aromatic N) is 1. The second-order valence-electron chi connectivity index (χ2n) is 3.22. The van der Waals surface area contributed by atoms with Crippen molar-refractivity contribution in [3.05, 3.63) is 33.3 Å². The van der Waals surface area contributed by atoms with Crippen LogP contribution in [0, 0.1) is 10.1 Å². The third-order valence-electron chi connectivity index (χ3n) is 1.87. The fourth-order valence-corrected chi connectivity index (χ4v) is 1.21. The van der Waals surface area contributed by atoms with Crippen molar-refractivity contribution in [2.45, 2.75) is 12.3 Å². The van der Waals surface area contributed by atoms with Gasteiger partial charge in [0.2, 0.25) is 0 Å². The predicted molar refractivity (Wildman–Crippen MR) is 54.6 cm³/mol. The minimum atomic E-state index is -4.30. The Morgan fingerprint density at radius 3 is 2.50 bits per heavy atom. The van der Waals surface area contributed by atoms with Gasteiger partial charge in [-0.05, 0) is 6.07 Å². The lowest BCUT2D eigenvalue weighted by atomic mass is 10.3. The van der Waals surface area contributed by atoms with Gasteiger partial charge in [0.1, 0.15) is 10.8 Å². The van der Waals surface area contributed by atoms with E-state index in [1.807, 2.05) is 0 Å². The fraction of sp³-hybridized carbons (Fsp3) is 0.333. The van der Waals surface area contributed by atoms with Crippen molar-refractivity contribution in [1.29, 1.82) is 0 Å². The lowest BCUT2D eigenvalue weighted by Gasteiger charge is -2.15. The molecule has 9 heteroatoms. The molecule has 0 heterocycles. The van der Waals surface area contributed by atoms with Crippen LogP contribution in [0.3, 0.4) is 0 Å². The number of nitro benzene ring substituents is 1. The number of hydrogen-bond acceptors (Lipinski definition) is 3. The lowest BCUT2D eigenvalue weighted by molar-refractivity contribution is -0.384. The van der Waals surface area contributed by atoms with Crippen molar-refractivity contribution in [3.8, 4) is 5.75 Å². The highest BCUT2D eigenvalue weighted by Crippen LogP contribution is 2.30. The second kappa shape index (κ2) is 5.38. The Morgan fingerprint density at radius 2 is 2.06 bits per heavy atom. The maximum Gasteiger partial charge on any atom is 0.340 e. The molecule has 100 valence electrons. The van der Waals surface area contributed by atoms with Crippen LogP contribution in [0.25, 0.3) is 0 Å². The van der Waals surface area contributed by atoms with Gasteiger partial charge in [-0.25, -0.2) is 8.78 Å². The zero-order chi connectivity index (χ0) is 13.9. The van der Waals surface area contributed by atoms with E-state index >= 15 is 0 Å². The molecule has 0 aliphatic rings. The van der Waals surface area contributed by atoms with E-state index in [2.05, 4.69) is 4.74 Å². The summed E-state index contributed by atoms with van der Waals surface area (Å²) in [4.78, 5) is 9.62. The van der Waals surface area contributed by atoms with E-state index in [-0.39, 0.29) is 10.8 Å². The summed E-state index contributed by atoms with van der Waals surface area (Å²) in [7, 11) is 0. The Morgan fingerprint density at radius 1 is 1.44 bits per heavy atom. The molecule has 0 saturated carbocycles. The van der Waals surface area contributed by atoms with E-state index < -0.39 is 29.6 Å². The number of ether oxygens (including phenoxy) is 1. The molecular formula is C9H6ClF4NO3. The molecule has 0 fully saturated rings. The van der Waals surface area contributed by atoms with Crippen LogP contribution < -0.4 is 4.74 Å². The molecule has 18 heavy (non-hydrogen) atoms. The zero-order valence-electron chi connectivity index (χ0n) is 8.58.